The molecule has 0 aliphatic rings. The van der Waals surface area contributed by atoms with Crippen molar-refractivity contribution < 1.29 is 4.39 Å². The van der Waals surface area contributed by atoms with E-state index in [0.29, 0.717) is 12.0 Å². The van der Waals surface area contributed by atoms with Crippen LogP contribution in [0.1, 0.15) is 18.1 Å². The fraction of sp³-hybridized carbons (Fsp3) is 0.214. The Bertz CT molecular complexity index is 495. The van der Waals surface area contributed by atoms with Gasteiger partial charge < -0.3 is 5.73 Å². The SMILES string of the molecule is CC(N)(Cc1ccccc1F)c1cccnc1. The fourth-order valence-electron chi connectivity index (χ4n) is 1.84. The van der Waals surface area contributed by atoms with Crippen molar-refractivity contribution in [2.24, 2.45) is 5.73 Å². The van der Waals surface area contributed by atoms with E-state index in [1.807, 2.05) is 25.1 Å². The minimum Gasteiger partial charge on any atom is -0.321 e. The largest absolute Gasteiger partial charge is 0.321 e. The van der Waals surface area contributed by atoms with Gasteiger partial charge in [-0.25, -0.2) is 4.39 Å². The molecule has 1 heterocycles. The Morgan fingerprint density at radius 3 is 2.65 bits per heavy atom. The summed E-state index contributed by atoms with van der Waals surface area (Å²) in [7, 11) is 0. The lowest BCUT2D eigenvalue weighted by atomic mass is 9.87. The number of aromatic nitrogens is 1. The Balaban J connectivity index is 2.27. The van der Waals surface area contributed by atoms with Crippen LogP contribution in [0.5, 0.6) is 0 Å². The number of halogens is 1. The van der Waals surface area contributed by atoms with E-state index in [4.69, 9.17) is 5.73 Å². The van der Waals surface area contributed by atoms with Gasteiger partial charge in [-0.2, -0.15) is 0 Å². The van der Waals surface area contributed by atoms with Crippen LogP contribution >= 0.6 is 0 Å². The van der Waals surface area contributed by atoms with Crippen molar-refractivity contribution in [3.63, 3.8) is 0 Å². The summed E-state index contributed by atoms with van der Waals surface area (Å²) in [5, 5.41) is 0. The molecule has 2 aromatic rings. The van der Waals surface area contributed by atoms with Gasteiger partial charge in [0.2, 0.25) is 0 Å². The molecular weight excluding hydrogens is 215 g/mol. The van der Waals surface area contributed by atoms with Crippen LogP contribution in [0.4, 0.5) is 4.39 Å². The zero-order valence-electron chi connectivity index (χ0n) is 9.73. The normalized spacial score (nSPS) is 14.3. The van der Waals surface area contributed by atoms with E-state index in [1.165, 1.54) is 6.07 Å². The van der Waals surface area contributed by atoms with E-state index in [2.05, 4.69) is 4.98 Å². The first-order chi connectivity index (χ1) is 8.09. The summed E-state index contributed by atoms with van der Waals surface area (Å²) in [6.45, 7) is 1.89. The number of nitrogens with two attached hydrogens (primary N) is 1. The predicted molar refractivity (Wildman–Crippen MR) is 65.9 cm³/mol. The van der Waals surface area contributed by atoms with E-state index < -0.39 is 5.54 Å². The molecule has 0 spiro atoms. The van der Waals surface area contributed by atoms with Crippen molar-refractivity contribution in [3.8, 4) is 0 Å². The molecule has 0 aliphatic carbocycles. The van der Waals surface area contributed by atoms with E-state index in [1.54, 1.807) is 24.5 Å². The first-order valence-electron chi connectivity index (χ1n) is 5.52. The Hall–Kier alpha value is -1.74. The van der Waals surface area contributed by atoms with Gasteiger partial charge in [0, 0.05) is 17.9 Å². The zero-order valence-corrected chi connectivity index (χ0v) is 9.73. The molecule has 0 bridgehead atoms. The predicted octanol–water partition coefficient (Wildman–Crippen LogP) is 2.64. The lowest BCUT2D eigenvalue weighted by Gasteiger charge is -2.25. The summed E-state index contributed by atoms with van der Waals surface area (Å²) in [4.78, 5) is 4.04. The average molecular weight is 230 g/mol. The lowest BCUT2D eigenvalue weighted by Crippen LogP contribution is -2.35. The fourth-order valence-corrected chi connectivity index (χ4v) is 1.84. The smallest absolute Gasteiger partial charge is 0.126 e. The number of hydrogen-bond acceptors (Lipinski definition) is 2. The summed E-state index contributed by atoms with van der Waals surface area (Å²) in [5.41, 5.74) is 7.15. The number of benzene rings is 1. The van der Waals surface area contributed by atoms with Gasteiger partial charge in [-0.05, 0) is 36.6 Å². The molecule has 0 fully saturated rings. The Kier molecular flexibility index (Phi) is 3.20. The molecule has 3 heteroatoms. The van der Waals surface area contributed by atoms with Crippen molar-refractivity contribution in [2.75, 3.05) is 0 Å². The molecule has 17 heavy (non-hydrogen) atoms. The highest BCUT2D eigenvalue weighted by Crippen LogP contribution is 2.23. The lowest BCUT2D eigenvalue weighted by molar-refractivity contribution is 0.474. The molecule has 0 saturated heterocycles. The Labute approximate surface area is 100 Å². The maximum Gasteiger partial charge on any atom is 0.126 e. The molecule has 88 valence electrons. The van der Waals surface area contributed by atoms with Gasteiger partial charge in [-0.15, -0.1) is 0 Å². The van der Waals surface area contributed by atoms with Gasteiger partial charge in [0.05, 0.1) is 0 Å². The molecule has 2 rings (SSSR count). The zero-order chi connectivity index (χ0) is 12.3. The van der Waals surface area contributed by atoms with Crippen LogP contribution in [-0.2, 0) is 12.0 Å². The standard InChI is InChI=1S/C14H15FN2/c1-14(16,12-6-4-8-17-10-12)9-11-5-2-3-7-13(11)15/h2-8,10H,9,16H2,1H3. The van der Waals surface area contributed by atoms with Crippen LogP contribution in [0.15, 0.2) is 48.8 Å². The molecule has 2 N–H and O–H groups in total. The van der Waals surface area contributed by atoms with Gasteiger partial charge in [0.25, 0.3) is 0 Å². The molecule has 1 aromatic carbocycles. The highest BCUT2D eigenvalue weighted by molar-refractivity contribution is 5.26. The van der Waals surface area contributed by atoms with Gasteiger partial charge >= 0.3 is 0 Å². The van der Waals surface area contributed by atoms with E-state index in [9.17, 15) is 4.39 Å². The summed E-state index contributed by atoms with van der Waals surface area (Å²) in [6.07, 6.45) is 3.87. The minimum atomic E-state index is -0.615. The summed E-state index contributed by atoms with van der Waals surface area (Å²) in [5.74, 6) is -0.215. The van der Waals surface area contributed by atoms with Crippen molar-refractivity contribution in [2.45, 2.75) is 18.9 Å². The maximum atomic E-state index is 13.6. The second-order valence-corrected chi connectivity index (χ2v) is 4.43. The first kappa shape index (κ1) is 11.7. The molecule has 0 saturated carbocycles. The van der Waals surface area contributed by atoms with E-state index in [0.717, 1.165) is 5.56 Å². The molecule has 1 aromatic heterocycles. The molecule has 1 unspecified atom stereocenters. The van der Waals surface area contributed by atoms with Crippen molar-refractivity contribution >= 4 is 0 Å². The van der Waals surface area contributed by atoms with Crippen LogP contribution in [0.2, 0.25) is 0 Å². The van der Waals surface area contributed by atoms with Gasteiger partial charge in [-0.3, -0.25) is 4.98 Å². The Morgan fingerprint density at radius 2 is 2.00 bits per heavy atom. The molecule has 0 radical (unpaired) electrons. The molecule has 2 nitrogen and oxygen atoms in total. The van der Waals surface area contributed by atoms with Gasteiger partial charge in [0.1, 0.15) is 5.82 Å². The van der Waals surface area contributed by atoms with E-state index in [-0.39, 0.29) is 5.82 Å². The molecule has 1 atom stereocenters. The van der Waals surface area contributed by atoms with Gasteiger partial charge in [0.15, 0.2) is 0 Å². The van der Waals surface area contributed by atoms with Crippen molar-refractivity contribution in [3.05, 3.63) is 65.7 Å². The Morgan fingerprint density at radius 1 is 1.24 bits per heavy atom. The second-order valence-electron chi connectivity index (χ2n) is 4.43. The summed E-state index contributed by atoms with van der Waals surface area (Å²) in [6, 6.07) is 10.5. The number of pyridine rings is 1. The summed E-state index contributed by atoms with van der Waals surface area (Å²) >= 11 is 0. The number of rotatable bonds is 3. The third-order valence-electron chi connectivity index (χ3n) is 2.84. The highest BCUT2D eigenvalue weighted by Gasteiger charge is 2.23. The average Bonchev–Trinajstić information content (AvgIpc) is 2.33. The maximum absolute atomic E-state index is 13.6. The third-order valence-corrected chi connectivity index (χ3v) is 2.84. The van der Waals surface area contributed by atoms with Crippen LogP contribution in [-0.4, -0.2) is 4.98 Å². The van der Waals surface area contributed by atoms with Crippen molar-refractivity contribution in [1.29, 1.82) is 0 Å². The number of nitrogens with zero attached hydrogens (tertiary/aromatic N) is 1. The van der Waals surface area contributed by atoms with Crippen molar-refractivity contribution in [1.82, 2.24) is 4.98 Å². The number of hydrogen-bond donors (Lipinski definition) is 1. The molecule has 0 amide bonds. The van der Waals surface area contributed by atoms with Gasteiger partial charge in [-0.1, -0.05) is 24.3 Å². The van der Waals surface area contributed by atoms with Crippen LogP contribution in [0.25, 0.3) is 0 Å². The third kappa shape index (κ3) is 2.68. The van der Waals surface area contributed by atoms with E-state index >= 15 is 0 Å². The molecule has 0 aliphatic heterocycles. The monoisotopic (exact) mass is 230 g/mol. The first-order valence-corrected chi connectivity index (χ1v) is 5.52. The quantitative estimate of drug-likeness (QED) is 0.880. The second kappa shape index (κ2) is 4.63. The van der Waals surface area contributed by atoms with Crippen LogP contribution < -0.4 is 5.73 Å². The van der Waals surface area contributed by atoms with Crippen LogP contribution in [0, 0.1) is 5.82 Å². The summed E-state index contributed by atoms with van der Waals surface area (Å²) < 4.78 is 13.6. The topological polar surface area (TPSA) is 38.9 Å². The highest BCUT2D eigenvalue weighted by atomic mass is 19.1. The molecular formula is C14H15FN2. The minimum absolute atomic E-state index is 0.215. The van der Waals surface area contributed by atoms with Crippen LogP contribution in [0.3, 0.4) is 0 Å².